The molecule has 5 nitrogen and oxygen atoms in total. The van der Waals surface area contributed by atoms with Gasteiger partial charge in [0.1, 0.15) is 5.75 Å². The van der Waals surface area contributed by atoms with Gasteiger partial charge in [0.05, 0.1) is 5.69 Å². The highest BCUT2D eigenvalue weighted by Crippen LogP contribution is 2.25. The van der Waals surface area contributed by atoms with Crippen LogP contribution >= 0.6 is 0 Å². The van der Waals surface area contributed by atoms with Crippen molar-refractivity contribution < 1.29 is 14.3 Å². The first-order valence-electron chi connectivity index (χ1n) is 7.90. The smallest absolute Gasteiger partial charge is 0.260 e. The number of hydrogen-bond donors (Lipinski definition) is 2. The van der Waals surface area contributed by atoms with E-state index in [2.05, 4.69) is 10.6 Å². The lowest BCUT2D eigenvalue weighted by Crippen LogP contribution is -2.43. The SMILES string of the molecule is CC(=O)Nc1ccccc1O[C@@H](C)C(=O)NC1CCCCC1. The van der Waals surface area contributed by atoms with Crippen molar-refractivity contribution in [3.63, 3.8) is 0 Å². The summed E-state index contributed by atoms with van der Waals surface area (Å²) in [6.45, 7) is 3.17. The summed E-state index contributed by atoms with van der Waals surface area (Å²) in [4.78, 5) is 23.4. The summed E-state index contributed by atoms with van der Waals surface area (Å²) in [6, 6.07) is 7.38. The van der Waals surface area contributed by atoms with Crippen LogP contribution in [0.1, 0.15) is 46.0 Å². The number of carbonyl (C=O) groups excluding carboxylic acids is 2. The first kappa shape index (κ1) is 16.3. The normalized spacial score (nSPS) is 16.6. The first-order chi connectivity index (χ1) is 10.6. The Morgan fingerprint density at radius 3 is 2.55 bits per heavy atom. The second-order valence-corrected chi connectivity index (χ2v) is 5.78. The highest BCUT2D eigenvalue weighted by Gasteiger charge is 2.21. The number of rotatable bonds is 5. The van der Waals surface area contributed by atoms with Crippen LogP contribution in [0.4, 0.5) is 5.69 Å². The fraction of sp³-hybridized carbons (Fsp3) is 0.529. The van der Waals surface area contributed by atoms with E-state index in [0.717, 1.165) is 12.8 Å². The number of benzene rings is 1. The van der Waals surface area contributed by atoms with Crippen LogP contribution in [0, 0.1) is 0 Å². The zero-order valence-electron chi connectivity index (χ0n) is 13.2. The molecule has 0 spiro atoms. The third-order valence-electron chi connectivity index (χ3n) is 3.82. The minimum absolute atomic E-state index is 0.107. The molecule has 0 saturated heterocycles. The molecule has 0 bridgehead atoms. The van der Waals surface area contributed by atoms with Gasteiger partial charge in [-0.15, -0.1) is 0 Å². The maximum Gasteiger partial charge on any atom is 0.260 e. The van der Waals surface area contributed by atoms with Gasteiger partial charge < -0.3 is 15.4 Å². The van der Waals surface area contributed by atoms with E-state index in [-0.39, 0.29) is 17.9 Å². The number of nitrogens with one attached hydrogen (secondary N) is 2. The standard InChI is InChI=1S/C17H24N2O3/c1-12(17(21)19-14-8-4-3-5-9-14)22-16-11-7-6-10-15(16)18-13(2)20/h6-7,10-12,14H,3-5,8-9H2,1-2H3,(H,18,20)(H,19,21)/t12-/m0/s1. The molecule has 1 atom stereocenters. The molecule has 2 N–H and O–H groups in total. The van der Waals surface area contributed by atoms with Crippen molar-refractivity contribution in [3.05, 3.63) is 24.3 Å². The molecule has 1 aromatic carbocycles. The van der Waals surface area contributed by atoms with E-state index in [0.29, 0.717) is 11.4 Å². The topological polar surface area (TPSA) is 67.4 Å². The molecule has 0 unspecified atom stereocenters. The molecule has 0 heterocycles. The summed E-state index contributed by atoms with van der Waals surface area (Å²) >= 11 is 0. The Balaban J connectivity index is 1.94. The Hall–Kier alpha value is -2.04. The average molecular weight is 304 g/mol. The van der Waals surface area contributed by atoms with E-state index >= 15 is 0 Å². The molecule has 0 aromatic heterocycles. The molecule has 1 aliphatic rings. The number of carbonyl (C=O) groups is 2. The van der Waals surface area contributed by atoms with Gasteiger partial charge in [-0.3, -0.25) is 9.59 Å². The molecule has 2 rings (SSSR count). The first-order valence-corrected chi connectivity index (χ1v) is 7.90. The lowest BCUT2D eigenvalue weighted by molar-refractivity contribution is -0.128. The molecule has 0 radical (unpaired) electrons. The van der Waals surface area contributed by atoms with Crippen LogP contribution in [0.5, 0.6) is 5.75 Å². The highest BCUT2D eigenvalue weighted by atomic mass is 16.5. The average Bonchev–Trinajstić information content (AvgIpc) is 2.49. The fourth-order valence-corrected chi connectivity index (χ4v) is 2.67. The van der Waals surface area contributed by atoms with Crippen LogP contribution in [0.3, 0.4) is 0 Å². The van der Waals surface area contributed by atoms with Gasteiger partial charge in [-0.1, -0.05) is 31.4 Å². The van der Waals surface area contributed by atoms with Crippen molar-refractivity contribution in [2.45, 2.75) is 58.1 Å². The second kappa shape index (κ2) is 7.82. The monoisotopic (exact) mass is 304 g/mol. The Kier molecular flexibility index (Phi) is 5.81. The van der Waals surface area contributed by atoms with Crippen LogP contribution in [0.25, 0.3) is 0 Å². The summed E-state index contributed by atoms with van der Waals surface area (Å²) in [6.07, 6.45) is 5.08. The van der Waals surface area contributed by atoms with Crippen LogP contribution < -0.4 is 15.4 Å². The molecular weight excluding hydrogens is 280 g/mol. The summed E-state index contributed by atoms with van der Waals surface area (Å²) in [5.74, 6) is 0.226. The van der Waals surface area contributed by atoms with Crippen LogP contribution in [-0.4, -0.2) is 24.0 Å². The third kappa shape index (κ3) is 4.76. The minimum Gasteiger partial charge on any atom is -0.479 e. The molecule has 120 valence electrons. The van der Waals surface area contributed by atoms with Crippen molar-refractivity contribution >= 4 is 17.5 Å². The molecule has 22 heavy (non-hydrogen) atoms. The number of amides is 2. The van der Waals surface area contributed by atoms with Crippen molar-refractivity contribution in [2.75, 3.05) is 5.32 Å². The van der Waals surface area contributed by atoms with Gasteiger partial charge in [0.25, 0.3) is 5.91 Å². The molecule has 1 aliphatic carbocycles. The largest absolute Gasteiger partial charge is 0.479 e. The Labute approximate surface area is 131 Å². The Morgan fingerprint density at radius 2 is 1.86 bits per heavy atom. The van der Waals surface area contributed by atoms with Gasteiger partial charge in [-0.05, 0) is 31.9 Å². The lowest BCUT2D eigenvalue weighted by Gasteiger charge is -2.25. The summed E-state index contributed by atoms with van der Waals surface area (Å²) < 4.78 is 5.72. The van der Waals surface area contributed by atoms with E-state index in [1.807, 2.05) is 12.1 Å². The fourth-order valence-electron chi connectivity index (χ4n) is 2.67. The quantitative estimate of drug-likeness (QED) is 0.879. The van der Waals surface area contributed by atoms with Gasteiger partial charge >= 0.3 is 0 Å². The molecule has 1 fully saturated rings. The molecule has 1 saturated carbocycles. The molecular formula is C17H24N2O3. The summed E-state index contributed by atoms with van der Waals surface area (Å²) in [5, 5.41) is 5.75. The summed E-state index contributed by atoms with van der Waals surface area (Å²) in [5.41, 5.74) is 0.576. The number of para-hydroxylation sites is 2. The second-order valence-electron chi connectivity index (χ2n) is 5.78. The van der Waals surface area contributed by atoms with E-state index in [1.54, 1.807) is 19.1 Å². The number of hydrogen-bond acceptors (Lipinski definition) is 3. The van der Waals surface area contributed by atoms with Crippen LogP contribution in [-0.2, 0) is 9.59 Å². The Morgan fingerprint density at radius 1 is 1.18 bits per heavy atom. The van der Waals surface area contributed by atoms with E-state index < -0.39 is 6.10 Å². The van der Waals surface area contributed by atoms with Crippen molar-refractivity contribution in [1.82, 2.24) is 5.32 Å². The van der Waals surface area contributed by atoms with E-state index in [9.17, 15) is 9.59 Å². The van der Waals surface area contributed by atoms with Gasteiger partial charge in [-0.25, -0.2) is 0 Å². The van der Waals surface area contributed by atoms with Gasteiger partial charge in [0, 0.05) is 13.0 Å². The van der Waals surface area contributed by atoms with Gasteiger partial charge in [0.2, 0.25) is 5.91 Å². The minimum atomic E-state index is -0.600. The van der Waals surface area contributed by atoms with Gasteiger partial charge in [-0.2, -0.15) is 0 Å². The van der Waals surface area contributed by atoms with Crippen molar-refractivity contribution in [3.8, 4) is 5.75 Å². The van der Waals surface area contributed by atoms with Crippen LogP contribution in [0.2, 0.25) is 0 Å². The molecule has 1 aromatic rings. The van der Waals surface area contributed by atoms with E-state index in [1.165, 1.54) is 26.2 Å². The maximum absolute atomic E-state index is 12.2. The predicted octanol–water partition coefficient (Wildman–Crippen LogP) is 2.86. The molecule has 0 aliphatic heterocycles. The highest BCUT2D eigenvalue weighted by molar-refractivity contribution is 5.90. The van der Waals surface area contributed by atoms with Crippen molar-refractivity contribution in [2.24, 2.45) is 0 Å². The molecule has 5 heteroatoms. The van der Waals surface area contributed by atoms with E-state index in [4.69, 9.17) is 4.74 Å². The van der Waals surface area contributed by atoms with Crippen LogP contribution in [0.15, 0.2) is 24.3 Å². The molecule has 2 amide bonds. The predicted molar refractivity (Wildman–Crippen MR) is 85.9 cm³/mol. The third-order valence-corrected chi connectivity index (χ3v) is 3.82. The maximum atomic E-state index is 12.2. The van der Waals surface area contributed by atoms with Gasteiger partial charge in [0.15, 0.2) is 6.10 Å². The lowest BCUT2D eigenvalue weighted by atomic mass is 9.95. The summed E-state index contributed by atoms with van der Waals surface area (Å²) in [7, 11) is 0. The zero-order valence-corrected chi connectivity index (χ0v) is 13.2. The Bertz CT molecular complexity index is 524. The number of anilines is 1. The zero-order chi connectivity index (χ0) is 15.9. The van der Waals surface area contributed by atoms with Crippen molar-refractivity contribution in [1.29, 1.82) is 0 Å². The number of ether oxygens (including phenoxy) is 1.